The lowest BCUT2D eigenvalue weighted by Gasteiger charge is -2.37. The molecule has 1 aromatic heterocycles. The summed E-state index contributed by atoms with van der Waals surface area (Å²) in [5, 5.41) is 10.3. The molecular weight excluding hydrogens is 270 g/mol. The van der Waals surface area contributed by atoms with Crippen LogP contribution in [0.3, 0.4) is 0 Å². The fourth-order valence-corrected chi connectivity index (χ4v) is 3.36. The van der Waals surface area contributed by atoms with Gasteiger partial charge in [0.1, 0.15) is 0 Å². The zero-order chi connectivity index (χ0) is 14.8. The summed E-state index contributed by atoms with van der Waals surface area (Å²) in [5.41, 5.74) is 0.892. The largest absolute Gasteiger partial charge is 0.481 e. The summed E-state index contributed by atoms with van der Waals surface area (Å²) < 4.78 is 10.8. The van der Waals surface area contributed by atoms with Crippen LogP contribution < -0.4 is 9.64 Å². The highest BCUT2D eigenvalue weighted by atomic mass is 16.5. The van der Waals surface area contributed by atoms with Crippen molar-refractivity contribution in [1.82, 2.24) is 9.97 Å². The molecular formula is C15H23N3O3. The first-order valence-corrected chi connectivity index (χ1v) is 7.61. The molecule has 21 heavy (non-hydrogen) atoms. The van der Waals surface area contributed by atoms with E-state index in [9.17, 15) is 5.11 Å². The van der Waals surface area contributed by atoms with Crippen LogP contribution in [0.1, 0.15) is 25.0 Å². The van der Waals surface area contributed by atoms with E-state index < -0.39 is 0 Å². The number of aryl methyl sites for hydroxylation is 1. The van der Waals surface area contributed by atoms with E-state index in [0.29, 0.717) is 31.5 Å². The minimum absolute atomic E-state index is 0.136. The molecule has 0 saturated carbocycles. The summed E-state index contributed by atoms with van der Waals surface area (Å²) in [6.45, 7) is 4.13. The molecule has 6 nitrogen and oxygen atoms in total. The van der Waals surface area contributed by atoms with Crippen LogP contribution >= 0.6 is 0 Å². The number of aliphatic hydroxyl groups excluding tert-OH is 1. The van der Waals surface area contributed by atoms with Crippen molar-refractivity contribution in [2.75, 3.05) is 31.8 Å². The Labute approximate surface area is 125 Å². The number of ether oxygens (including phenoxy) is 2. The first-order chi connectivity index (χ1) is 10.2. The van der Waals surface area contributed by atoms with Gasteiger partial charge in [-0.1, -0.05) is 0 Å². The van der Waals surface area contributed by atoms with Crippen molar-refractivity contribution < 1.29 is 14.6 Å². The molecule has 1 N–H and O–H groups in total. The summed E-state index contributed by atoms with van der Waals surface area (Å²) >= 11 is 0. The van der Waals surface area contributed by atoms with Gasteiger partial charge < -0.3 is 19.5 Å². The smallest absolute Gasteiger partial charge is 0.229 e. The van der Waals surface area contributed by atoms with Gasteiger partial charge in [0.05, 0.1) is 19.8 Å². The van der Waals surface area contributed by atoms with Crippen molar-refractivity contribution in [2.45, 2.75) is 38.3 Å². The monoisotopic (exact) mass is 293 g/mol. The van der Waals surface area contributed by atoms with Crippen molar-refractivity contribution in [3.8, 4) is 5.88 Å². The van der Waals surface area contributed by atoms with Gasteiger partial charge in [0, 0.05) is 36.9 Å². The lowest BCUT2D eigenvalue weighted by Crippen LogP contribution is -2.46. The number of hydrogen-bond donors (Lipinski definition) is 1. The maximum atomic E-state index is 10.3. The van der Waals surface area contributed by atoms with Crippen LogP contribution in [0.5, 0.6) is 5.88 Å². The van der Waals surface area contributed by atoms with Crippen LogP contribution in [0.2, 0.25) is 0 Å². The molecule has 0 spiro atoms. The molecule has 0 amide bonds. The lowest BCUT2D eigenvalue weighted by molar-refractivity contribution is -0.0439. The fourth-order valence-electron chi connectivity index (χ4n) is 3.36. The van der Waals surface area contributed by atoms with E-state index in [1.54, 1.807) is 7.11 Å². The minimum atomic E-state index is -0.295. The Hall–Kier alpha value is -1.40. The van der Waals surface area contributed by atoms with Crippen LogP contribution in [-0.4, -0.2) is 54.1 Å². The van der Waals surface area contributed by atoms with Gasteiger partial charge in [0.25, 0.3) is 0 Å². The number of rotatable bonds is 3. The first-order valence-electron chi connectivity index (χ1n) is 7.61. The third-order valence-electron chi connectivity index (χ3n) is 4.44. The van der Waals surface area contributed by atoms with E-state index in [0.717, 1.165) is 25.1 Å². The fraction of sp³-hybridized carbons (Fsp3) is 0.733. The second kappa shape index (κ2) is 6.15. The van der Waals surface area contributed by atoms with Gasteiger partial charge in [0.15, 0.2) is 0 Å². The van der Waals surface area contributed by atoms with E-state index in [-0.39, 0.29) is 18.1 Å². The van der Waals surface area contributed by atoms with E-state index >= 15 is 0 Å². The van der Waals surface area contributed by atoms with E-state index in [1.807, 2.05) is 13.0 Å². The minimum Gasteiger partial charge on any atom is -0.481 e. The van der Waals surface area contributed by atoms with E-state index in [4.69, 9.17) is 9.47 Å². The standard InChI is InChI=1S/C15H23N3O3/c1-10-8-14(20-2)17-15(16-10)18-6-3-4-12(18)11-9-21-7-5-13(11)19/h8,11-13,19H,3-7,9H2,1-2H3. The zero-order valence-electron chi connectivity index (χ0n) is 12.7. The highest BCUT2D eigenvalue weighted by molar-refractivity contribution is 5.37. The molecule has 0 aliphatic carbocycles. The maximum Gasteiger partial charge on any atom is 0.229 e. The second-order valence-electron chi connectivity index (χ2n) is 5.85. The topological polar surface area (TPSA) is 67.7 Å². The van der Waals surface area contributed by atoms with Gasteiger partial charge >= 0.3 is 0 Å². The molecule has 3 rings (SSSR count). The third-order valence-corrected chi connectivity index (χ3v) is 4.44. The maximum absolute atomic E-state index is 10.3. The highest BCUT2D eigenvalue weighted by Crippen LogP contribution is 2.32. The van der Waals surface area contributed by atoms with Crippen LogP contribution in [0.25, 0.3) is 0 Å². The Kier molecular flexibility index (Phi) is 4.26. The van der Waals surface area contributed by atoms with Gasteiger partial charge in [-0.3, -0.25) is 0 Å². The quantitative estimate of drug-likeness (QED) is 0.902. The van der Waals surface area contributed by atoms with E-state index in [1.165, 1.54) is 0 Å². The molecule has 0 bridgehead atoms. The molecule has 3 unspecified atom stereocenters. The summed E-state index contributed by atoms with van der Waals surface area (Å²) in [4.78, 5) is 11.2. The molecule has 1 aromatic rings. The Morgan fingerprint density at radius 1 is 1.38 bits per heavy atom. The predicted molar refractivity (Wildman–Crippen MR) is 78.6 cm³/mol. The predicted octanol–water partition coefficient (Wildman–Crippen LogP) is 1.16. The van der Waals surface area contributed by atoms with Gasteiger partial charge in [-0.25, -0.2) is 4.98 Å². The van der Waals surface area contributed by atoms with Crippen molar-refractivity contribution in [3.63, 3.8) is 0 Å². The Bertz CT molecular complexity index is 497. The first kappa shape index (κ1) is 14.5. The molecule has 2 aliphatic heterocycles. The number of aromatic nitrogens is 2. The third kappa shape index (κ3) is 2.96. The lowest BCUT2D eigenvalue weighted by atomic mass is 9.89. The van der Waals surface area contributed by atoms with Gasteiger partial charge in [0.2, 0.25) is 11.8 Å². The molecule has 6 heteroatoms. The van der Waals surface area contributed by atoms with Crippen molar-refractivity contribution in [1.29, 1.82) is 0 Å². The van der Waals surface area contributed by atoms with Crippen molar-refractivity contribution in [2.24, 2.45) is 5.92 Å². The van der Waals surface area contributed by atoms with Crippen molar-refractivity contribution in [3.05, 3.63) is 11.8 Å². The SMILES string of the molecule is COc1cc(C)nc(N2CCCC2C2COCCC2O)n1. The van der Waals surface area contributed by atoms with Crippen LogP contribution in [0, 0.1) is 12.8 Å². The second-order valence-corrected chi connectivity index (χ2v) is 5.85. The molecule has 3 atom stereocenters. The Morgan fingerprint density at radius 3 is 3.00 bits per heavy atom. The molecule has 2 fully saturated rings. The molecule has 0 radical (unpaired) electrons. The highest BCUT2D eigenvalue weighted by Gasteiger charge is 2.38. The summed E-state index contributed by atoms with van der Waals surface area (Å²) in [6.07, 6.45) is 2.56. The molecule has 2 saturated heterocycles. The number of nitrogens with zero attached hydrogens (tertiary/aromatic N) is 3. The van der Waals surface area contributed by atoms with Crippen LogP contribution in [0.15, 0.2) is 6.07 Å². The van der Waals surface area contributed by atoms with Crippen LogP contribution in [0.4, 0.5) is 5.95 Å². The Morgan fingerprint density at radius 2 is 2.24 bits per heavy atom. The molecule has 116 valence electrons. The zero-order valence-corrected chi connectivity index (χ0v) is 12.7. The summed E-state index contributed by atoms with van der Waals surface area (Å²) in [7, 11) is 1.62. The molecule has 0 aromatic carbocycles. The summed E-state index contributed by atoms with van der Waals surface area (Å²) in [6, 6.07) is 2.07. The van der Waals surface area contributed by atoms with Crippen molar-refractivity contribution >= 4 is 5.95 Å². The number of aliphatic hydroxyl groups is 1. The molecule has 3 heterocycles. The number of hydrogen-bond acceptors (Lipinski definition) is 6. The average Bonchev–Trinajstić information content (AvgIpc) is 2.96. The molecule has 2 aliphatic rings. The number of anilines is 1. The van der Waals surface area contributed by atoms with Crippen LogP contribution in [-0.2, 0) is 4.74 Å². The Balaban J connectivity index is 1.84. The normalized spacial score (nSPS) is 29.7. The van der Waals surface area contributed by atoms with Gasteiger partial charge in [-0.2, -0.15) is 4.98 Å². The van der Waals surface area contributed by atoms with E-state index in [2.05, 4.69) is 14.9 Å². The van der Waals surface area contributed by atoms with Gasteiger partial charge in [-0.05, 0) is 26.2 Å². The summed E-state index contributed by atoms with van der Waals surface area (Å²) in [5.74, 6) is 1.42. The number of methoxy groups -OCH3 is 1. The van der Waals surface area contributed by atoms with Gasteiger partial charge in [-0.15, -0.1) is 0 Å². The average molecular weight is 293 g/mol.